The normalized spacial score (nSPS) is 11.8. The van der Waals surface area contributed by atoms with Crippen molar-refractivity contribution in [3.8, 4) is 0 Å². The maximum absolute atomic E-state index is 11.4. The first-order chi connectivity index (χ1) is 5.78. The molecule has 0 aliphatic rings. The zero-order chi connectivity index (χ0) is 10.6. The standard InChI is InChI=1S/C9H17NO3/c1-9(2,8(12)13)7(11)5-6-10(3)4/h5-6H2,1-4H3,(H,12,13). The van der Waals surface area contributed by atoms with E-state index < -0.39 is 11.4 Å². The van der Waals surface area contributed by atoms with Crippen LogP contribution < -0.4 is 0 Å². The van der Waals surface area contributed by atoms with E-state index in [0.717, 1.165) is 0 Å². The van der Waals surface area contributed by atoms with Crippen LogP contribution >= 0.6 is 0 Å². The summed E-state index contributed by atoms with van der Waals surface area (Å²) in [4.78, 5) is 23.9. The molecule has 0 heterocycles. The maximum Gasteiger partial charge on any atom is 0.316 e. The second-order valence-corrected chi connectivity index (χ2v) is 3.91. The van der Waals surface area contributed by atoms with E-state index in [1.165, 1.54) is 13.8 Å². The summed E-state index contributed by atoms with van der Waals surface area (Å²) < 4.78 is 0. The van der Waals surface area contributed by atoms with Crippen molar-refractivity contribution in [2.75, 3.05) is 20.6 Å². The average Bonchev–Trinajstić information content (AvgIpc) is 1.99. The summed E-state index contributed by atoms with van der Waals surface area (Å²) in [7, 11) is 3.70. The lowest BCUT2D eigenvalue weighted by Crippen LogP contribution is -2.34. The smallest absolute Gasteiger partial charge is 0.316 e. The van der Waals surface area contributed by atoms with E-state index in [4.69, 9.17) is 5.11 Å². The molecule has 0 saturated carbocycles. The van der Waals surface area contributed by atoms with Crippen molar-refractivity contribution in [1.29, 1.82) is 0 Å². The summed E-state index contributed by atoms with van der Waals surface area (Å²) in [6.07, 6.45) is 0.284. The van der Waals surface area contributed by atoms with Crippen molar-refractivity contribution in [2.24, 2.45) is 5.41 Å². The van der Waals surface area contributed by atoms with E-state index >= 15 is 0 Å². The summed E-state index contributed by atoms with van der Waals surface area (Å²) in [5.74, 6) is -1.29. The molecular weight excluding hydrogens is 170 g/mol. The van der Waals surface area contributed by atoms with Gasteiger partial charge in [0.15, 0.2) is 5.78 Å². The molecule has 0 rings (SSSR count). The van der Waals surface area contributed by atoms with Crippen molar-refractivity contribution in [1.82, 2.24) is 4.90 Å². The fourth-order valence-electron chi connectivity index (χ4n) is 0.757. The zero-order valence-electron chi connectivity index (χ0n) is 8.63. The van der Waals surface area contributed by atoms with Gasteiger partial charge in [-0.15, -0.1) is 0 Å². The molecule has 0 aromatic rings. The highest BCUT2D eigenvalue weighted by molar-refractivity contribution is 6.02. The number of carbonyl (C=O) groups is 2. The lowest BCUT2D eigenvalue weighted by molar-refractivity contribution is -0.152. The highest BCUT2D eigenvalue weighted by Gasteiger charge is 2.34. The topological polar surface area (TPSA) is 57.6 Å². The predicted molar refractivity (Wildman–Crippen MR) is 49.6 cm³/mol. The Hall–Kier alpha value is -0.900. The molecular formula is C9H17NO3. The third kappa shape index (κ3) is 3.55. The molecule has 0 unspecified atom stereocenters. The van der Waals surface area contributed by atoms with Crippen molar-refractivity contribution >= 4 is 11.8 Å². The van der Waals surface area contributed by atoms with Crippen molar-refractivity contribution in [2.45, 2.75) is 20.3 Å². The molecule has 0 atom stereocenters. The number of hydrogen-bond acceptors (Lipinski definition) is 3. The molecule has 76 valence electrons. The first-order valence-corrected chi connectivity index (χ1v) is 4.20. The number of Topliss-reactive ketones (excluding diaryl/α,β-unsaturated/α-hetero) is 1. The quantitative estimate of drug-likeness (QED) is 0.641. The van der Waals surface area contributed by atoms with Crippen molar-refractivity contribution < 1.29 is 14.7 Å². The fraction of sp³-hybridized carbons (Fsp3) is 0.778. The lowest BCUT2D eigenvalue weighted by Gasteiger charge is -2.18. The molecule has 0 amide bonds. The summed E-state index contributed by atoms with van der Waals surface area (Å²) in [6.45, 7) is 3.47. The summed E-state index contributed by atoms with van der Waals surface area (Å²) in [5.41, 5.74) is -1.25. The van der Waals surface area contributed by atoms with Crippen molar-refractivity contribution in [3.63, 3.8) is 0 Å². The predicted octanol–water partition coefficient (Wildman–Crippen LogP) is 0.618. The highest BCUT2D eigenvalue weighted by atomic mass is 16.4. The Kier molecular flexibility index (Phi) is 4.07. The van der Waals surface area contributed by atoms with E-state index in [9.17, 15) is 9.59 Å². The molecule has 1 N–H and O–H groups in total. The van der Waals surface area contributed by atoms with Crippen LogP contribution in [-0.2, 0) is 9.59 Å². The van der Waals surface area contributed by atoms with Gasteiger partial charge < -0.3 is 10.0 Å². The van der Waals surface area contributed by atoms with Gasteiger partial charge in [0.1, 0.15) is 5.41 Å². The minimum atomic E-state index is -1.25. The maximum atomic E-state index is 11.4. The Balaban J connectivity index is 4.18. The Morgan fingerprint density at radius 1 is 1.31 bits per heavy atom. The summed E-state index contributed by atoms with van der Waals surface area (Å²) in [5, 5.41) is 8.74. The number of hydrogen-bond donors (Lipinski definition) is 1. The Morgan fingerprint density at radius 2 is 1.77 bits per heavy atom. The van der Waals surface area contributed by atoms with Crippen LogP contribution in [0.15, 0.2) is 0 Å². The summed E-state index contributed by atoms with van der Waals surface area (Å²) in [6, 6.07) is 0. The first-order valence-electron chi connectivity index (χ1n) is 4.20. The molecule has 13 heavy (non-hydrogen) atoms. The van der Waals surface area contributed by atoms with E-state index in [1.54, 1.807) is 0 Å². The molecule has 0 aromatic heterocycles. The minimum absolute atomic E-state index is 0.228. The molecule has 0 aromatic carbocycles. The van der Waals surface area contributed by atoms with Crippen LogP contribution in [0.25, 0.3) is 0 Å². The largest absolute Gasteiger partial charge is 0.481 e. The average molecular weight is 187 g/mol. The van der Waals surface area contributed by atoms with Crippen molar-refractivity contribution in [3.05, 3.63) is 0 Å². The number of ketones is 1. The fourth-order valence-corrected chi connectivity index (χ4v) is 0.757. The van der Waals surface area contributed by atoms with E-state index in [1.807, 2.05) is 19.0 Å². The molecule has 0 bridgehead atoms. The molecule has 0 aliphatic carbocycles. The second-order valence-electron chi connectivity index (χ2n) is 3.91. The highest BCUT2D eigenvalue weighted by Crippen LogP contribution is 2.18. The third-order valence-electron chi connectivity index (χ3n) is 2.02. The SMILES string of the molecule is CN(C)CCC(=O)C(C)(C)C(=O)O. The Labute approximate surface area is 78.5 Å². The van der Waals surface area contributed by atoms with Gasteiger partial charge in [0.25, 0.3) is 0 Å². The van der Waals surface area contributed by atoms with Crippen LogP contribution in [0.5, 0.6) is 0 Å². The zero-order valence-corrected chi connectivity index (χ0v) is 8.63. The van der Waals surface area contributed by atoms with Gasteiger partial charge in [0, 0.05) is 13.0 Å². The van der Waals surface area contributed by atoms with E-state index in [0.29, 0.717) is 6.54 Å². The van der Waals surface area contributed by atoms with Crippen LogP contribution in [0.3, 0.4) is 0 Å². The molecule has 0 radical (unpaired) electrons. The van der Waals surface area contributed by atoms with Crippen LogP contribution in [0.1, 0.15) is 20.3 Å². The number of aliphatic carboxylic acids is 1. The molecule has 0 aliphatic heterocycles. The van der Waals surface area contributed by atoms with E-state index in [2.05, 4.69) is 0 Å². The van der Waals surface area contributed by atoms with E-state index in [-0.39, 0.29) is 12.2 Å². The number of nitrogens with zero attached hydrogens (tertiary/aromatic N) is 1. The van der Waals surface area contributed by atoms with Gasteiger partial charge in [-0.3, -0.25) is 9.59 Å². The number of rotatable bonds is 5. The molecule has 0 saturated heterocycles. The van der Waals surface area contributed by atoms with Gasteiger partial charge in [-0.1, -0.05) is 0 Å². The molecule has 4 nitrogen and oxygen atoms in total. The van der Waals surface area contributed by atoms with Gasteiger partial charge in [0.2, 0.25) is 0 Å². The van der Waals surface area contributed by atoms with Crippen LogP contribution in [0.4, 0.5) is 0 Å². The molecule has 0 fully saturated rings. The van der Waals surface area contributed by atoms with Crippen LogP contribution in [-0.4, -0.2) is 42.4 Å². The third-order valence-corrected chi connectivity index (χ3v) is 2.02. The number of carbonyl (C=O) groups excluding carboxylic acids is 1. The van der Waals surface area contributed by atoms with Gasteiger partial charge in [-0.05, 0) is 27.9 Å². The first kappa shape index (κ1) is 12.1. The van der Waals surface area contributed by atoms with Gasteiger partial charge in [-0.25, -0.2) is 0 Å². The lowest BCUT2D eigenvalue weighted by atomic mass is 9.86. The minimum Gasteiger partial charge on any atom is -0.481 e. The monoisotopic (exact) mass is 187 g/mol. The number of carboxylic acids is 1. The number of carboxylic acid groups (broad SMARTS) is 1. The Morgan fingerprint density at radius 3 is 2.08 bits per heavy atom. The Bertz CT molecular complexity index is 209. The summed E-state index contributed by atoms with van der Waals surface area (Å²) >= 11 is 0. The molecule has 0 spiro atoms. The second kappa shape index (κ2) is 4.37. The van der Waals surface area contributed by atoms with Crippen LogP contribution in [0, 0.1) is 5.41 Å². The molecule has 4 heteroatoms. The van der Waals surface area contributed by atoms with Crippen LogP contribution in [0.2, 0.25) is 0 Å². The van der Waals surface area contributed by atoms with Gasteiger partial charge in [-0.2, -0.15) is 0 Å². The van der Waals surface area contributed by atoms with Gasteiger partial charge >= 0.3 is 5.97 Å². The van der Waals surface area contributed by atoms with Gasteiger partial charge in [0.05, 0.1) is 0 Å².